The van der Waals surface area contributed by atoms with Crippen molar-refractivity contribution in [3.8, 4) is 0 Å². The number of hydrogen-bond donors (Lipinski definition) is 3. The van der Waals surface area contributed by atoms with Gasteiger partial charge in [-0.05, 0) is 6.42 Å². The van der Waals surface area contributed by atoms with Crippen molar-refractivity contribution in [2.24, 2.45) is 0 Å². The minimum absolute atomic E-state index is 0.0918. The second-order valence-corrected chi connectivity index (χ2v) is 4.14. The highest BCUT2D eigenvalue weighted by atomic mass is 16.3. The van der Waals surface area contributed by atoms with Gasteiger partial charge in [-0.2, -0.15) is 0 Å². The van der Waals surface area contributed by atoms with Crippen molar-refractivity contribution in [3.63, 3.8) is 0 Å². The van der Waals surface area contributed by atoms with E-state index in [4.69, 9.17) is 5.11 Å². The molecule has 0 spiro atoms. The highest BCUT2D eigenvalue weighted by Gasteiger charge is 2.20. The number of aromatic nitrogens is 3. The fraction of sp³-hybridized carbons (Fsp3) is 0.700. The lowest BCUT2D eigenvalue weighted by Gasteiger charge is -2.07. The van der Waals surface area contributed by atoms with Crippen molar-refractivity contribution in [2.45, 2.75) is 32.0 Å². The Hall–Kier alpha value is -1.47. The normalized spacial score (nSPS) is 19.6. The third kappa shape index (κ3) is 3.50. The van der Waals surface area contributed by atoms with Crippen LogP contribution < -0.4 is 10.6 Å². The van der Waals surface area contributed by atoms with Crippen LogP contribution in [0.3, 0.4) is 0 Å². The summed E-state index contributed by atoms with van der Waals surface area (Å²) in [7, 11) is 0. The molecule has 1 fully saturated rings. The molecule has 2 heterocycles. The van der Waals surface area contributed by atoms with Gasteiger partial charge in [0.25, 0.3) is 0 Å². The Kier molecular flexibility index (Phi) is 4.05. The molecule has 1 atom stereocenters. The lowest BCUT2D eigenvalue weighted by Crippen LogP contribution is -2.30. The lowest BCUT2D eigenvalue weighted by molar-refractivity contribution is -0.119. The van der Waals surface area contributed by atoms with Crippen molar-refractivity contribution in [2.75, 3.05) is 13.2 Å². The van der Waals surface area contributed by atoms with Gasteiger partial charge in [0.2, 0.25) is 5.91 Å². The number of carbonyl (C=O) groups is 1. The van der Waals surface area contributed by atoms with Crippen LogP contribution in [0, 0.1) is 0 Å². The van der Waals surface area contributed by atoms with E-state index in [0.717, 1.165) is 5.69 Å². The number of rotatable bonds is 6. The van der Waals surface area contributed by atoms with E-state index in [0.29, 0.717) is 32.5 Å². The smallest absolute Gasteiger partial charge is 0.221 e. The monoisotopic (exact) mass is 239 g/mol. The van der Waals surface area contributed by atoms with Crippen molar-refractivity contribution in [1.29, 1.82) is 0 Å². The Labute approximate surface area is 99.2 Å². The first-order valence-corrected chi connectivity index (χ1v) is 5.78. The van der Waals surface area contributed by atoms with E-state index in [1.807, 2.05) is 6.20 Å². The van der Waals surface area contributed by atoms with E-state index in [2.05, 4.69) is 20.9 Å². The highest BCUT2D eigenvalue weighted by molar-refractivity contribution is 5.78. The number of nitrogens with zero attached hydrogens (tertiary/aromatic N) is 3. The van der Waals surface area contributed by atoms with E-state index in [9.17, 15) is 4.79 Å². The molecule has 0 aliphatic carbocycles. The summed E-state index contributed by atoms with van der Waals surface area (Å²) in [6.45, 7) is 2.12. The largest absolute Gasteiger partial charge is 0.396 e. The van der Waals surface area contributed by atoms with Crippen LogP contribution in [0.25, 0.3) is 0 Å². The molecule has 17 heavy (non-hydrogen) atoms. The molecule has 2 rings (SSSR count). The maximum absolute atomic E-state index is 11.0. The Morgan fingerprint density at radius 3 is 3.24 bits per heavy atom. The van der Waals surface area contributed by atoms with Crippen LogP contribution in [0.5, 0.6) is 0 Å². The minimum Gasteiger partial charge on any atom is -0.396 e. The van der Waals surface area contributed by atoms with Gasteiger partial charge in [-0.3, -0.25) is 9.48 Å². The number of aliphatic hydroxyl groups is 1. The molecule has 1 aliphatic rings. The summed E-state index contributed by atoms with van der Waals surface area (Å²) in [5, 5.41) is 22.7. The van der Waals surface area contributed by atoms with Crippen LogP contribution in [0.1, 0.15) is 18.5 Å². The Morgan fingerprint density at radius 1 is 1.65 bits per heavy atom. The second-order valence-electron chi connectivity index (χ2n) is 4.14. The molecular weight excluding hydrogens is 222 g/mol. The molecule has 3 N–H and O–H groups in total. The number of aliphatic hydroxyl groups excluding tert-OH is 1. The zero-order valence-corrected chi connectivity index (χ0v) is 9.59. The quantitative estimate of drug-likeness (QED) is 0.570. The average Bonchev–Trinajstić information content (AvgIpc) is 2.93. The molecule has 7 nitrogen and oxygen atoms in total. The van der Waals surface area contributed by atoms with Crippen molar-refractivity contribution in [1.82, 2.24) is 25.6 Å². The molecule has 1 saturated heterocycles. The molecule has 1 aromatic rings. The molecule has 0 saturated carbocycles. The maximum atomic E-state index is 11.0. The van der Waals surface area contributed by atoms with Crippen molar-refractivity contribution < 1.29 is 9.90 Å². The first-order valence-electron chi connectivity index (χ1n) is 5.78. The molecule has 7 heteroatoms. The molecule has 1 aromatic heterocycles. The van der Waals surface area contributed by atoms with Gasteiger partial charge in [0.05, 0.1) is 5.69 Å². The van der Waals surface area contributed by atoms with Crippen LogP contribution >= 0.6 is 0 Å². The molecule has 1 aliphatic heterocycles. The molecule has 1 unspecified atom stereocenters. The number of carbonyl (C=O) groups excluding carboxylic acids is 1. The number of hydrogen-bond acceptors (Lipinski definition) is 5. The standard InChI is InChI=1S/C10H17N5O2/c16-3-1-2-15-7-9(13-14-15)6-11-8-4-10(17)12-5-8/h7-8,11,16H,1-6H2,(H,12,17). The molecule has 0 radical (unpaired) electrons. The van der Waals surface area contributed by atoms with Crippen LogP contribution in [0.15, 0.2) is 6.20 Å². The Morgan fingerprint density at radius 2 is 2.53 bits per heavy atom. The first-order chi connectivity index (χ1) is 8.28. The predicted molar refractivity (Wildman–Crippen MR) is 60.0 cm³/mol. The Bertz CT molecular complexity index is 379. The van der Waals surface area contributed by atoms with Gasteiger partial charge in [0.15, 0.2) is 0 Å². The zero-order valence-electron chi connectivity index (χ0n) is 9.59. The summed E-state index contributed by atoms with van der Waals surface area (Å²) >= 11 is 0. The molecule has 94 valence electrons. The van der Waals surface area contributed by atoms with Gasteiger partial charge in [-0.25, -0.2) is 0 Å². The Balaban J connectivity index is 1.75. The fourth-order valence-corrected chi connectivity index (χ4v) is 1.76. The van der Waals surface area contributed by atoms with Gasteiger partial charge < -0.3 is 15.7 Å². The predicted octanol–water partition coefficient (Wildman–Crippen LogP) is -1.36. The van der Waals surface area contributed by atoms with Gasteiger partial charge in [-0.1, -0.05) is 5.21 Å². The van der Waals surface area contributed by atoms with E-state index in [1.165, 1.54) is 0 Å². The van der Waals surface area contributed by atoms with Crippen molar-refractivity contribution >= 4 is 5.91 Å². The molecule has 1 amide bonds. The lowest BCUT2D eigenvalue weighted by atomic mass is 10.2. The van der Waals surface area contributed by atoms with Gasteiger partial charge in [0, 0.05) is 44.9 Å². The summed E-state index contributed by atoms with van der Waals surface area (Å²) in [4.78, 5) is 11.0. The van der Waals surface area contributed by atoms with Crippen LogP contribution in [0.4, 0.5) is 0 Å². The first kappa shape index (κ1) is 12.0. The number of aryl methyl sites for hydroxylation is 1. The SMILES string of the molecule is O=C1CC(NCc2cn(CCCO)nn2)CN1. The fourth-order valence-electron chi connectivity index (χ4n) is 1.76. The van der Waals surface area contributed by atoms with Crippen LogP contribution in [-0.4, -0.2) is 45.2 Å². The highest BCUT2D eigenvalue weighted by Crippen LogP contribution is 2.01. The summed E-state index contributed by atoms with van der Waals surface area (Å²) in [6.07, 6.45) is 3.06. The third-order valence-corrected chi connectivity index (χ3v) is 2.68. The summed E-state index contributed by atoms with van der Waals surface area (Å²) in [6, 6.07) is 0.185. The average molecular weight is 239 g/mol. The van der Waals surface area contributed by atoms with Gasteiger partial charge in [0.1, 0.15) is 0 Å². The van der Waals surface area contributed by atoms with Crippen LogP contribution in [0.2, 0.25) is 0 Å². The maximum Gasteiger partial charge on any atom is 0.221 e. The minimum atomic E-state index is 0.0918. The summed E-state index contributed by atoms with van der Waals surface area (Å²) in [5.74, 6) is 0.0918. The summed E-state index contributed by atoms with van der Waals surface area (Å²) in [5.41, 5.74) is 0.849. The number of nitrogens with one attached hydrogen (secondary N) is 2. The summed E-state index contributed by atoms with van der Waals surface area (Å²) < 4.78 is 1.71. The van der Waals surface area contributed by atoms with Gasteiger partial charge >= 0.3 is 0 Å². The van der Waals surface area contributed by atoms with E-state index in [1.54, 1.807) is 4.68 Å². The molecule has 0 aromatic carbocycles. The van der Waals surface area contributed by atoms with E-state index >= 15 is 0 Å². The number of amides is 1. The second kappa shape index (κ2) is 5.74. The zero-order chi connectivity index (χ0) is 12.1. The van der Waals surface area contributed by atoms with E-state index < -0.39 is 0 Å². The molecular formula is C10H17N5O2. The third-order valence-electron chi connectivity index (χ3n) is 2.68. The van der Waals surface area contributed by atoms with Crippen molar-refractivity contribution in [3.05, 3.63) is 11.9 Å². The van der Waals surface area contributed by atoms with E-state index in [-0.39, 0.29) is 18.6 Å². The molecule has 0 bridgehead atoms. The van der Waals surface area contributed by atoms with Gasteiger partial charge in [-0.15, -0.1) is 5.10 Å². The van der Waals surface area contributed by atoms with Crippen LogP contribution in [-0.2, 0) is 17.9 Å². The topological polar surface area (TPSA) is 92.1 Å².